The fourth-order valence-corrected chi connectivity index (χ4v) is 2.65. The zero-order valence-corrected chi connectivity index (χ0v) is 15.2. The predicted molar refractivity (Wildman–Crippen MR) is 109 cm³/mol. The van der Waals surface area contributed by atoms with Crippen molar-refractivity contribution in [3.05, 3.63) is 113 Å². The normalized spacial score (nSPS) is 10.6. The number of hydrogen-bond donors (Lipinski definition) is 0. The van der Waals surface area contributed by atoms with Crippen LogP contribution in [0.2, 0.25) is 0 Å². The standard InChI is InChI=1S/C25H20O2/c1-2-27-25(26)19-24(22-11-7-4-8-12-22)23-17-15-21(16-18-23)14-13-20-9-5-3-6-10-20/h3-12,15-19H,2H2,1H3. The molecule has 0 heterocycles. The van der Waals surface area contributed by atoms with E-state index in [1.165, 1.54) is 0 Å². The molecule has 0 aromatic heterocycles. The Morgan fingerprint density at radius 1 is 0.778 bits per heavy atom. The van der Waals surface area contributed by atoms with E-state index in [1.807, 2.05) is 84.9 Å². The molecule has 0 atom stereocenters. The Hall–Kier alpha value is -3.57. The van der Waals surface area contributed by atoms with Gasteiger partial charge in [-0.15, -0.1) is 0 Å². The van der Waals surface area contributed by atoms with Gasteiger partial charge in [-0.3, -0.25) is 0 Å². The maximum atomic E-state index is 12.0. The summed E-state index contributed by atoms with van der Waals surface area (Å²) in [5.41, 5.74) is 4.64. The Balaban J connectivity index is 1.90. The SMILES string of the molecule is CCOC(=O)C=C(c1ccccc1)c1ccc(C#Cc2ccccc2)cc1. The van der Waals surface area contributed by atoms with Crippen LogP contribution in [-0.2, 0) is 9.53 Å². The highest BCUT2D eigenvalue weighted by molar-refractivity contribution is 5.96. The Bertz CT molecular complexity index is 973. The molecule has 0 aliphatic heterocycles. The summed E-state index contributed by atoms with van der Waals surface area (Å²) in [7, 11) is 0. The molecule has 0 amide bonds. The maximum Gasteiger partial charge on any atom is 0.331 e. The van der Waals surface area contributed by atoms with Gasteiger partial charge in [0.25, 0.3) is 0 Å². The molecule has 0 unspecified atom stereocenters. The third kappa shape index (κ3) is 5.20. The van der Waals surface area contributed by atoms with Gasteiger partial charge in [-0.05, 0) is 47.9 Å². The summed E-state index contributed by atoms with van der Waals surface area (Å²) < 4.78 is 5.09. The largest absolute Gasteiger partial charge is 0.463 e. The molecule has 27 heavy (non-hydrogen) atoms. The number of ether oxygens (including phenoxy) is 1. The van der Waals surface area contributed by atoms with Crippen molar-refractivity contribution in [3.8, 4) is 11.8 Å². The lowest BCUT2D eigenvalue weighted by molar-refractivity contribution is -0.137. The van der Waals surface area contributed by atoms with Crippen LogP contribution in [0.15, 0.2) is 91.0 Å². The molecule has 2 nitrogen and oxygen atoms in total. The number of carbonyl (C=O) groups excluding carboxylic acids is 1. The Kier molecular flexibility index (Phi) is 6.22. The van der Waals surface area contributed by atoms with E-state index < -0.39 is 0 Å². The molecule has 3 aromatic carbocycles. The van der Waals surface area contributed by atoms with Crippen LogP contribution in [0.1, 0.15) is 29.2 Å². The van der Waals surface area contributed by atoms with Gasteiger partial charge in [-0.1, -0.05) is 72.5 Å². The highest BCUT2D eigenvalue weighted by Gasteiger charge is 2.08. The molecule has 0 spiro atoms. The first-order chi connectivity index (χ1) is 13.3. The number of esters is 1. The summed E-state index contributed by atoms with van der Waals surface area (Å²) in [5, 5.41) is 0. The maximum absolute atomic E-state index is 12.0. The van der Waals surface area contributed by atoms with Gasteiger partial charge in [0, 0.05) is 17.2 Å². The molecule has 0 radical (unpaired) electrons. The highest BCUT2D eigenvalue weighted by Crippen LogP contribution is 2.23. The van der Waals surface area contributed by atoms with Gasteiger partial charge >= 0.3 is 5.97 Å². The van der Waals surface area contributed by atoms with Crippen molar-refractivity contribution in [3.63, 3.8) is 0 Å². The molecule has 0 aliphatic carbocycles. The first kappa shape index (κ1) is 18.2. The minimum atomic E-state index is -0.343. The van der Waals surface area contributed by atoms with E-state index in [1.54, 1.807) is 13.0 Å². The van der Waals surface area contributed by atoms with E-state index in [2.05, 4.69) is 11.8 Å². The average Bonchev–Trinajstić information content (AvgIpc) is 2.73. The molecular weight excluding hydrogens is 332 g/mol. The monoisotopic (exact) mass is 352 g/mol. The number of carbonyl (C=O) groups is 1. The zero-order chi connectivity index (χ0) is 18.9. The molecule has 3 aromatic rings. The average molecular weight is 352 g/mol. The second-order valence-corrected chi connectivity index (χ2v) is 5.87. The van der Waals surface area contributed by atoms with Gasteiger partial charge < -0.3 is 4.74 Å². The minimum Gasteiger partial charge on any atom is -0.463 e. The van der Waals surface area contributed by atoms with Crippen molar-refractivity contribution < 1.29 is 9.53 Å². The molecule has 0 bridgehead atoms. The Morgan fingerprint density at radius 3 is 1.89 bits per heavy atom. The Morgan fingerprint density at radius 2 is 1.30 bits per heavy atom. The molecular formula is C25H20O2. The van der Waals surface area contributed by atoms with Crippen molar-refractivity contribution in [2.45, 2.75) is 6.92 Å². The topological polar surface area (TPSA) is 26.3 Å². The van der Waals surface area contributed by atoms with Gasteiger partial charge in [-0.2, -0.15) is 0 Å². The van der Waals surface area contributed by atoms with E-state index >= 15 is 0 Å². The summed E-state index contributed by atoms with van der Waals surface area (Å²) in [4.78, 5) is 12.0. The lowest BCUT2D eigenvalue weighted by atomic mass is 9.96. The number of benzene rings is 3. The van der Waals surface area contributed by atoms with Gasteiger partial charge in [0.2, 0.25) is 0 Å². The third-order valence-electron chi connectivity index (χ3n) is 3.95. The van der Waals surface area contributed by atoms with Crippen LogP contribution >= 0.6 is 0 Å². The minimum absolute atomic E-state index is 0.343. The summed E-state index contributed by atoms with van der Waals surface area (Å²) in [6.45, 7) is 2.15. The van der Waals surface area contributed by atoms with Gasteiger partial charge in [0.15, 0.2) is 0 Å². The summed E-state index contributed by atoms with van der Waals surface area (Å²) >= 11 is 0. The second-order valence-electron chi connectivity index (χ2n) is 5.87. The quantitative estimate of drug-likeness (QED) is 0.372. The lowest BCUT2D eigenvalue weighted by Gasteiger charge is -2.09. The van der Waals surface area contributed by atoms with E-state index in [0.717, 1.165) is 27.8 Å². The summed E-state index contributed by atoms with van der Waals surface area (Å²) in [6.07, 6.45) is 1.55. The van der Waals surface area contributed by atoms with Crippen molar-refractivity contribution >= 4 is 11.5 Å². The molecule has 132 valence electrons. The lowest BCUT2D eigenvalue weighted by Crippen LogP contribution is -2.01. The van der Waals surface area contributed by atoms with E-state index in [0.29, 0.717) is 6.61 Å². The van der Waals surface area contributed by atoms with Gasteiger partial charge in [-0.25, -0.2) is 4.79 Å². The van der Waals surface area contributed by atoms with E-state index in [-0.39, 0.29) is 5.97 Å². The van der Waals surface area contributed by atoms with Crippen LogP contribution in [-0.4, -0.2) is 12.6 Å². The fourth-order valence-electron chi connectivity index (χ4n) is 2.65. The fraction of sp³-hybridized carbons (Fsp3) is 0.0800. The van der Waals surface area contributed by atoms with Crippen molar-refractivity contribution in [2.24, 2.45) is 0 Å². The van der Waals surface area contributed by atoms with E-state index in [4.69, 9.17) is 4.74 Å². The van der Waals surface area contributed by atoms with Crippen molar-refractivity contribution in [1.82, 2.24) is 0 Å². The van der Waals surface area contributed by atoms with Crippen LogP contribution in [0.5, 0.6) is 0 Å². The van der Waals surface area contributed by atoms with Crippen molar-refractivity contribution in [2.75, 3.05) is 6.61 Å². The number of hydrogen-bond acceptors (Lipinski definition) is 2. The molecule has 0 aliphatic rings. The highest BCUT2D eigenvalue weighted by atomic mass is 16.5. The molecule has 0 saturated heterocycles. The van der Waals surface area contributed by atoms with Crippen LogP contribution in [0.25, 0.3) is 5.57 Å². The smallest absolute Gasteiger partial charge is 0.331 e. The first-order valence-corrected chi connectivity index (χ1v) is 8.87. The predicted octanol–water partition coefficient (Wildman–Crippen LogP) is 5.08. The molecule has 3 rings (SSSR count). The summed E-state index contributed by atoms with van der Waals surface area (Å²) in [5.74, 6) is 5.98. The number of rotatable bonds is 4. The molecule has 0 saturated carbocycles. The van der Waals surface area contributed by atoms with Crippen LogP contribution in [0.3, 0.4) is 0 Å². The zero-order valence-electron chi connectivity index (χ0n) is 15.2. The van der Waals surface area contributed by atoms with Gasteiger partial charge in [0.1, 0.15) is 0 Å². The summed E-state index contributed by atoms with van der Waals surface area (Å²) in [6, 6.07) is 27.6. The van der Waals surface area contributed by atoms with E-state index in [9.17, 15) is 4.79 Å². The first-order valence-electron chi connectivity index (χ1n) is 8.87. The van der Waals surface area contributed by atoms with Crippen LogP contribution < -0.4 is 0 Å². The molecule has 0 N–H and O–H groups in total. The van der Waals surface area contributed by atoms with Crippen LogP contribution in [0.4, 0.5) is 0 Å². The molecule has 0 fully saturated rings. The molecule has 2 heteroatoms. The van der Waals surface area contributed by atoms with Crippen molar-refractivity contribution in [1.29, 1.82) is 0 Å². The second kappa shape index (κ2) is 9.22. The third-order valence-corrected chi connectivity index (χ3v) is 3.95. The van der Waals surface area contributed by atoms with Gasteiger partial charge in [0.05, 0.1) is 6.61 Å². The van der Waals surface area contributed by atoms with Crippen LogP contribution in [0, 0.1) is 11.8 Å². The Labute approximate surface area is 160 Å².